The number of carbonyl (C=O) groups excluding carboxylic acids is 1. The van der Waals surface area contributed by atoms with E-state index in [9.17, 15) is 13.2 Å². The van der Waals surface area contributed by atoms with Crippen LogP contribution in [0.5, 0.6) is 0 Å². The smallest absolute Gasteiger partial charge is 0.251 e. The van der Waals surface area contributed by atoms with Gasteiger partial charge in [0.2, 0.25) is 10.0 Å². The van der Waals surface area contributed by atoms with Crippen molar-refractivity contribution in [2.75, 3.05) is 19.6 Å². The molecule has 1 unspecified atom stereocenters. The minimum Gasteiger partial charge on any atom is -0.468 e. The zero-order valence-electron chi connectivity index (χ0n) is 16.8. The zero-order valence-corrected chi connectivity index (χ0v) is 17.6. The predicted molar refractivity (Wildman–Crippen MR) is 110 cm³/mol. The Kier molecular flexibility index (Phi) is 7.46. The average molecular weight is 421 g/mol. The number of nitrogens with one attached hydrogen (secondary N) is 3. The number of likely N-dealkylation sites (tertiary alicyclic amines) is 1. The van der Waals surface area contributed by atoms with Crippen LogP contribution >= 0.6 is 0 Å². The van der Waals surface area contributed by atoms with Crippen LogP contribution in [0, 0.1) is 0 Å². The molecule has 0 bridgehead atoms. The second-order valence-corrected chi connectivity index (χ2v) is 9.36. The number of sulfonamides is 1. The van der Waals surface area contributed by atoms with Crippen LogP contribution in [-0.4, -0.2) is 40.0 Å². The monoisotopic (exact) mass is 420 g/mol. The maximum absolute atomic E-state index is 12.3. The Morgan fingerprint density at radius 2 is 2.00 bits per heavy atom. The van der Waals surface area contributed by atoms with E-state index in [2.05, 4.69) is 17.0 Å². The summed E-state index contributed by atoms with van der Waals surface area (Å²) in [5.41, 5.74) is 0.452. The SMILES string of the molecule is C[C@@H]1CCCC[NH+]1CCCNC(=O)c1ccc(S(=O)(=O)NCc2ccco2)cc1. The fraction of sp³-hybridized carbons (Fsp3) is 0.476. The molecule has 1 aromatic heterocycles. The molecule has 2 atom stereocenters. The van der Waals surface area contributed by atoms with E-state index in [0.29, 0.717) is 23.9 Å². The quantitative estimate of drug-likeness (QED) is 0.534. The molecule has 0 saturated carbocycles. The maximum atomic E-state index is 12.3. The third-order valence-corrected chi connectivity index (χ3v) is 6.90. The van der Waals surface area contributed by atoms with Gasteiger partial charge in [0, 0.05) is 18.5 Å². The van der Waals surface area contributed by atoms with Crippen molar-refractivity contribution in [1.29, 1.82) is 0 Å². The molecule has 3 rings (SSSR count). The number of hydrogen-bond donors (Lipinski definition) is 3. The van der Waals surface area contributed by atoms with Crippen molar-refractivity contribution >= 4 is 15.9 Å². The largest absolute Gasteiger partial charge is 0.468 e. The lowest BCUT2D eigenvalue weighted by Gasteiger charge is -2.30. The molecule has 7 nitrogen and oxygen atoms in total. The summed E-state index contributed by atoms with van der Waals surface area (Å²) < 4.78 is 32.3. The second kappa shape index (κ2) is 10.0. The molecule has 1 aliphatic heterocycles. The van der Waals surface area contributed by atoms with Gasteiger partial charge in [-0.2, -0.15) is 0 Å². The number of amides is 1. The molecular weight excluding hydrogens is 390 g/mol. The fourth-order valence-corrected chi connectivity index (χ4v) is 4.69. The summed E-state index contributed by atoms with van der Waals surface area (Å²) in [7, 11) is -3.66. The van der Waals surface area contributed by atoms with Crippen LogP contribution in [0.15, 0.2) is 52.0 Å². The Hall–Kier alpha value is -2.16. The highest BCUT2D eigenvalue weighted by Gasteiger charge is 2.21. The van der Waals surface area contributed by atoms with Gasteiger partial charge in [0.05, 0.1) is 36.8 Å². The fourth-order valence-electron chi connectivity index (χ4n) is 3.69. The van der Waals surface area contributed by atoms with E-state index in [4.69, 9.17) is 4.42 Å². The Morgan fingerprint density at radius 1 is 1.21 bits per heavy atom. The second-order valence-electron chi connectivity index (χ2n) is 7.59. The van der Waals surface area contributed by atoms with E-state index in [1.54, 1.807) is 17.0 Å². The van der Waals surface area contributed by atoms with Crippen LogP contribution in [0.4, 0.5) is 0 Å². The van der Waals surface area contributed by atoms with Gasteiger partial charge in [-0.05, 0) is 62.6 Å². The Balaban J connectivity index is 1.45. The van der Waals surface area contributed by atoms with Crippen molar-refractivity contribution in [2.24, 2.45) is 0 Å². The summed E-state index contributed by atoms with van der Waals surface area (Å²) >= 11 is 0. The van der Waals surface area contributed by atoms with Crippen molar-refractivity contribution in [1.82, 2.24) is 10.0 Å². The van der Waals surface area contributed by atoms with E-state index in [0.717, 1.165) is 13.0 Å². The van der Waals surface area contributed by atoms with Gasteiger partial charge >= 0.3 is 0 Å². The lowest BCUT2D eigenvalue weighted by atomic mass is 10.0. The Bertz CT molecular complexity index is 879. The summed E-state index contributed by atoms with van der Waals surface area (Å²) in [6, 6.07) is 10.1. The van der Waals surface area contributed by atoms with E-state index in [1.807, 2.05) is 0 Å². The standard InChI is InChI=1S/C21H29N3O4S/c1-17-6-2-3-13-24(17)14-5-12-22-21(25)18-8-10-20(11-9-18)29(26,27)23-16-19-7-4-15-28-19/h4,7-11,15,17,23H,2-3,5-6,12-14,16H2,1H3,(H,22,25)/p+1/t17-/m1/s1. The molecule has 1 aliphatic rings. The molecule has 0 aliphatic carbocycles. The van der Waals surface area contributed by atoms with Crippen LogP contribution in [-0.2, 0) is 16.6 Å². The van der Waals surface area contributed by atoms with E-state index < -0.39 is 10.0 Å². The van der Waals surface area contributed by atoms with Gasteiger partial charge in [0.15, 0.2) is 0 Å². The summed E-state index contributed by atoms with van der Waals surface area (Å²) in [5.74, 6) is 0.351. The van der Waals surface area contributed by atoms with Crippen molar-refractivity contribution in [2.45, 2.75) is 50.1 Å². The van der Waals surface area contributed by atoms with Gasteiger partial charge in [-0.25, -0.2) is 13.1 Å². The van der Waals surface area contributed by atoms with Gasteiger partial charge in [0.25, 0.3) is 5.91 Å². The van der Waals surface area contributed by atoms with Gasteiger partial charge < -0.3 is 14.6 Å². The van der Waals surface area contributed by atoms with Crippen molar-refractivity contribution in [3.8, 4) is 0 Å². The molecule has 1 fully saturated rings. The van der Waals surface area contributed by atoms with Crippen LogP contribution in [0.3, 0.4) is 0 Å². The molecule has 158 valence electrons. The van der Waals surface area contributed by atoms with Crippen LogP contribution < -0.4 is 14.9 Å². The first-order valence-electron chi connectivity index (χ1n) is 10.2. The third kappa shape index (κ3) is 6.16. The normalized spacial score (nSPS) is 19.8. The first kappa shape index (κ1) is 21.5. The third-order valence-electron chi connectivity index (χ3n) is 5.49. The molecule has 0 spiro atoms. The number of hydrogen-bond acceptors (Lipinski definition) is 4. The van der Waals surface area contributed by atoms with Crippen LogP contribution in [0.1, 0.15) is 48.7 Å². The Labute approximate surface area is 172 Å². The first-order valence-corrected chi connectivity index (χ1v) is 11.7. The predicted octanol–water partition coefficient (Wildman–Crippen LogP) is 1.34. The molecule has 1 amide bonds. The van der Waals surface area contributed by atoms with E-state index in [-0.39, 0.29) is 17.3 Å². The highest BCUT2D eigenvalue weighted by atomic mass is 32.2. The minimum atomic E-state index is -3.66. The molecule has 8 heteroatoms. The van der Waals surface area contributed by atoms with Gasteiger partial charge in [-0.15, -0.1) is 0 Å². The van der Waals surface area contributed by atoms with Gasteiger partial charge in [-0.1, -0.05) is 0 Å². The highest BCUT2D eigenvalue weighted by Crippen LogP contribution is 2.12. The van der Waals surface area contributed by atoms with Crippen molar-refractivity contribution < 1.29 is 22.5 Å². The number of rotatable bonds is 9. The van der Waals surface area contributed by atoms with Crippen LogP contribution in [0.25, 0.3) is 0 Å². The summed E-state index contributed by atoms with van der Waals surface area (Å²) in [6.45, 7) is 5.29. The minimum absolute atomic E-state index is 0.0786. The van der Waals surface area contributed by atoms with Crippen molar-refractivity contribution in [3.05, 3.63) is 54.0 Å². The molecule has 29 heavy (non-hydrogen) atoms. The molecule has 3 N–H and O–H groups in total. The topological polar surface area (TPSA) is 92.9 Å². The number of carbonyl (C=O) groups is 1. The maximum Gasteiger partial charge on any atom is 0.251 e. The van der Waals surface area contributed by atoms with Gasteiger partial charge in [-0.3, -0.25) is 4.79 Å². The summed E-state index contributed by atoms with van der Waals surface area (Å²) in [5, 5.41) is 2.93. The number of piperidine rings is 1. The molecule has 0 radical (unpaired) electrons. The van der Waals surface area contributed by atoms with Crippen molar-refractivity contribution in [3.63, 3.8) is 0 Å². The number of quaternary nitrogens is 1. The molecule has 2 aromatic rings. The average Bonchev–Trinajstić information content (AvgIpc) is 3.25. The van der Waals surface area contributed by atoms with E-state index in [1.165, 1.54) is 56.3 Å². The molecular formula is C21H30N3O4S+. The lowest BCUT2D eigenvalue weighted by molar-refractivity contribution is -0.928. The van der Waals surface area contributed by atoms with Gasteiger partial charge in [0.1, 0.15) is 5.76 Å². The number of benzene rings is 1. The highest BCUT2D eigenvalue weighted by molar-refractivity contribution is 7.89. The lowest BCUT2D eigenvalue weighted by Crippen LogP contribution is -3.16. The summed E-state index contributed by atoms with van der Waals surface area (Å²) in [4.78, 5) is 14.0. The first-order chi connectivity index (χ1) is 14.0. The Morgan fingerprint density at radius 3 is 2.69 bits per heavy atom. The molecule has 1 saturated heterocycles. The van der Waals surface area contributed by atoms with E-state index >= 15 is 0 Å². The molecule has 2 heterocycles. The zero-order chi connectivity index (χ0) is 20.7. The van der Waals surface area contributed by atoms with Crippen LogP contribution in [0.2, 0.25) is 0 Å². The number of furan rings is 1. The molecule has 1 aromatic carbocycles. The summed E-state index contributed by atoms with van der Waals surface area (Å²) in [6.07, 6.45) is 6.33.